The Kier molecular flexibility index (Phi) is 4.52. The fourth-order valence-corrected chi connectivity index (χ4v) is 2.75. The summed E-state index contributed by atoms with van der Waals surface area (Å²) in [6.07, 6.45) is 3.13. The molecule has 2 unspecified atom stereocenters. The number of hydrogen-bond donors (Lipinski definition) is 1. The second-order valence-electron chi connectivity index (χ2n) is 5.49. The van der Waals surface area contributed by atoms with Gasteiger partial charge in [0.1, 0.15) is 0 Å². The average molecular weight is 267 g/mol. The molecule has 0 radical (unpaired) electrons. The van der Waals surface area contributed by atoms with Crippen molar-refractivity contribution in [3.05, 3.63) is 28.8 Å². The lowest BCUT2D eigenvalue weighted by Crippen LogP contribution is -2.22. The molecule has 0 aliphatic carbocycles. The summed E-state index contributed by atoms with van der Waals surface area (Å²) < 4.78 is 0. The van der Waals surface area contributed by atoms with Crippen LogP contribution in [0.15, 0.2) is 18.2 Å². The van der Waals surface area contributed by atoms with E-state index in [0.717, 1.165) is 36.9 Å². The van der Waals surface area contributed by atoms with Crippen molar-refractivity contribution in [3.63, 3.8) is 0 Å². The van der Waals surface area contributed by atoms with E-state index in [-0.39, 0.29) is 6.04 Å². The van der Waals surface area contributed by atoms with Crippen LogP contribution in [0.2, 0.25) is 5.02 Å². The van der Waals surface area contributed by atoms with Gasteiger partial charge in [-0.15, -0.1) is 0 Å². The molecule has 0 saturated carbocycles. The van der Waals surface area contributed by atoms with Crippen LogP contribution in [0.4, 0.5) is 5.69 Å². The number of hydrogen-bond acceptors (Lipinski definition) is 2. The van der Waals surface area contributed by atoms with Gasteiger partial charge in [-0.2, -0.15) is 0 Å². The zero-order chi connectivity index (χ0) is 13.1. The van der Waals surface area contributed by atoms with Crippen LogP contribution in [0.5, 0.6) is 0 Å². The molecule has 1 aliphatic heterocycles. The lowest BCUT2D eigenvalue weighted by Gasteiger charge is -2.20. The van der Waals surface area contributed by atoms with Crippen molar-refractivity contribution in [2.24, 2.45) is 11.7 Å². The van der Waals surface area contributed by atoms with E-state index >= 15 is 0 Å². The van der Waals surface area contributed by atoms with Crippen LogP contribution >= 0.6 is 11.6 Å². The molecule has 2 nitrogen and oxygen atoms in total. The lowest BCUT2D eigenvalue weighted by molar-refractivity contribution is 0.646. The largest absolute Gasteiger partial charge is 0.371 e. The first-order valence-electron chi connectivity index (χ1n) is 6.89. The van der Waals surface area contributed by atoms with Gasteiger partial charge in [0, 0.05) is 29.8 Å². The van der Waals surface area contributed by atoms with Crippen LogP contribution in [-0.4, -0.2) is 19.1 Å². The second kappa shape index (κ2) is 5.94. The summed E-state index contributed by atoms with van der Waals surface area (Å²) in [5.74, 6) is 0.789. The monoisotopic (exact) mass is 266 g/mol. The van der Waals surface area contributed by atoms with E-state index in [1.165, 1.54) is 17.7 Å². The molecule has 100 valence electrons. The Labute approximate surface area is 115 Å². The molecule has 1 aliphatic rings. The summed E-state index contributed by atoms with van der Waals surface area (Å²) in [6.45, 7) is 6.70. The van der Waals surface area contributed by atoms with Gasteiger partial charge in [-0.05, 0) is 42.9 Å². The quantitative estimate of drug-likeness (QED) is 0.904. The first-order chi connectivity index (χ1) is 8.60. The minimum absolute atomic E-state index is 0.208. The van der Waals surface area contributed by atoms with Gasteiger partial charge in [0.15, 0.2) is 0 Å². The first kappa shape index (κ1) is 13.7. The van der Waals surface area contributed by atoms with E-state index in [1.807, 2.05) is 0 Å². The fraction of sp³-hybridized carbons (Fsp3) is 0.600. The summed E-state index contributed by atoms with van der Waals surface area (Å²) in [4.78, 5) is 2.42. The van der Waals surface area contributed by atoms with Crippen molar-refractivity contribution < 1.29 is 0 Å². The first-order valence-corrected chi connectivity index (χ1v) is 7.27. The van der Waals surface area contributed by atoms with E-state index in [4.69, 9.17) is 17.3 Å². The molecule has 3 heteroatoms. The molecule has 1 saturated heterocycles. The van der Waals surface area contributed by atoms with Crippen molar-refractivity contribution >= 4 is 17.3 Å². The van der Waals surface area contributed by atoms with E-state index in [0.29, 0.717) is 0 Å². The van der Waals surface area contributed by atoms with Crippen molar-refractivity contribution in [1.29, 1.82) is 0 Å². The Balaban J connectivity index is 2.09. The van der Waals surface area contributed by atoms with Gasteiger partial charge >= 0.3 is 0 Å². The zero-order valence-corrected chi connectivity index (χ0v) is 12.1. The molecule has 0 spiro atoms. The van der Waals surface area contributed by atoms with E-state index in [1.54, 1.807) is 0 Å². The molecule has 1 fully saturated rings. The highest BCUT2D eigenvalue weighted by atomic mass is 35.5. The maximum atomic E-state index is 6.36. The van der Waals surface area contributed by atoms with Crippen molar-refractivity contribution in [3.8, 4) is 0 Å². The van der Waals surface area contributed by atoms with Gasteiger partial charge in [0.2, 0.25) is 0 Å². The SMILES string of the molecule is CCC(N)Cc1ccc(N2CCC(C)C2)cc1Cl. The number of anilines is 1. The molecule has 2 atom stereocenters. The van der Waals surface area contributed by atoms with Gasteiger partial charge in [-0.25, -0.2) is 0 Å². The molecule has 0 aromatic heterocycles. The predicted octanol–water partition coefficient (Wildman–Crippen LogP) is 3.47. The molecule has 18 heavy (non-hydrogen) atoms. The third-order valence-corrected chi connectivity index (χ3v) is 4.18. The summed E-state index contributed by atoms with van der Waals surface area (Å²) in [7, 11) is 0. The van der Waals surface area contributed by atoms with Crippen LogP contribution in [0.1, 0.15) is 32.3 Å². The smallest absolute Gasteiger partial charge is 0.0459 e. The van der Waals surface area contributed by atoms with Crippen LogP contribution in [0, 0.1) is 5.92 Å². The number of halogens is 1. The second-order valence-corrected chi connectivity index (χ2v) is 5.90. The molecule has 1 heterocycles. The molecule has 0 bridgehead atoms. The normalized spacial score (nSPS) is 21.3. The summed E-state index contributed by atoms with van der Waals surface area (Å²) in [5.41, 5.74) is 8.40. The summed E-state index contributed by atoms with van der Waals surface area (Å²) in [5, 5.41) is 0.857. The fourth-order valence-electron chi connectivity index (χ4n) is 2.49. The standard InChI is InChI=1S/C15H23ClN2/c1-3-13(17)8-12-4-5-14(9-15(12)16)18-7-6-11(2)10-18/h4-5,9,11,13H,3,6-8,10,17H2,1-2H3. The zero-order valence-electron chi connectivity index (χ0n) is 11.3. The molecular formula is C15H23ClN2. The maximum absolute atomic E-state index is 6.36. The number of nitrogens with two attached hydrogens (primary N) is 1. The highest BCUT2D eigenvalue weighted by molar-refractivity contribution is 6.31. The number of benzene rings is 1. The van der Waals surface area contributed by atoms with E-state index in [9.17, 15) is 0 Å². The number of rotatable bonds is 4. The Hall–Kier alpha value is -0.730. The van der Waals surface area contributed by atoms with Crippen LogP contribution in [0.3, 0.4) is 0 Å². The van der Waals surface area contributed by atoms with Crippen LogP contribution in [0.25, 0.3) is 0 Å². The minimum Gasteiger partial charge on any atom is -0.371 e. The van der Waals surface area contributed by atoms with Gasteiger partial charge < -0.3 is 10.6 Å². The maximum Gasteiger partial charge on any atom is 0.0459 e. The van der Waals surface area contributed by atoms with Crippen molar-refractivity contribution in [1.82, 2.24) is 0 Å². The van der Waals surface area contributed by atoms with E-state index < -0.39 is 0 Å². The molecule has 0 amide bonds. The predicted molar refractivity (Wildman–Crippen MR) is 79.4 cm³/mol. The molecule has 2 rings (SSSR count). The van der Waals surface area contributed by atoms with Gasteiger partial charge in [-0.1, -0.05) is 31.5 Å². The summed E-state index contributed by atoms with van der Waals surface area (Å²) in [6, 6.07) is 6.62. The van der Waals surface area contributed by atoms with Gasteiger partial charge in [-0.3, -0.25) is 0 Å². The number of nitrogens with zero attached hydrogens (tertiary/aromatic N) is 1. The Morgan fingerprint density at radius 1 is 1.50 bits per heavy atom. The van der Waals surface area contributed by atoms with Crippen LogP contribution < -0.4 is 10.6 Å². The molecule has 1 aromatic rings. The molecule has 1 aromatic carbocycles. The topological polar surface area (TPSA) is 29.3 Å². The Morgan fingerprint density at radius 2 is 2.28 bits per heavy atom. The minimum atomic E-state index is 0.208. The van der Waals surface area contributed by atoms with Crippen LogP contribution in [-0.2, 0) is 6.42 Å². The van der Waals surface area contributed by atoms with Crippen molar-refractivity contribution in [2.45, 2.75) is 39.2 Å². The highest BCUT2D eigenvalue weighted by Gasteiger charge is 2.19. The third-order valence-electron chi connectivity index (χ3n) is 3.83. The summed E-state index contributed by atoms with van der Waals surface area (Å²) >= 11 is 6.36. The Morgan fingerprint density at radius 3 is 2.83 bits per heavy atom. The van der Waals surface area contributed by atoms with Gasteiger partial charge in [0.05, 0.1) is 0 Å². The molecular weight excluding hydrogens is 244 g/mol. The van der Waals surface area contributed by atoms with E-state index in [2.05, 4.69) is 36.9 Å². The van der Waals surface area contributed by atoms with Gasteiger partial charge in [0.25, 0.3) is 0 Å². The lowest BCUT2D eigenvalue weighted by atomic mass is 10.0. The molecule has 2 N–H and O–H groups in total. The average Bonchev–Trinajstić information content (AvgIpc) is 2.78. The van der Waals surface area contributed by atoms with Crippen molar-refractivity contribution in [2.75, 3.05) is 18.0 Å². The highest BCUT2D eigenvalue weighted by Crippen LogP contribution is 2.28. The third kappa shape index (κ3) is 3.18. The Bertz CT molecular complexity index is 405.